The summed E-state index contributed by atoms with van der Waals surface area (Å²) in [5.41, 5.74) is 2.55. The summed E-state index contributed by atoms with van der Waals surface area (Å²) in [6.07, 6.45) is 0. The molecule has 138 valence electrons. The third kappa shape index (κ3) is 4.12. The van der Waals surface area contributed by atoms with Gasteiger partial charge in [-0.1, -0.05) is 0 Å². The number of ether oxygens (including phenoxy) is 1. The Morgan fingerprint density at radius 3 is 2.56 bits per heavy atom. The van der Waals surface area contributed by atoms with Crippen LogP contribution in [0.15, 0.2) is 23.1 Å². The van der Waals surface area contributed by atoms with Crippen molar-refractivity contribution in [3.63, 3.8) is 0 Å². The number of hydrogen-bond donors (Lipinski definition) is 2. The minimum Gasteiger partial charge on any atom is -0.784 e. The molecule has 1 aromatic heterocycles. The number of aromatic nitrogens is 2. The van der Waals surface area contributed by atoms with Crippen molar-refractivity contribution in [1.82, 2.24) is 9.78 Å². The van der Waals surface area contributed by atoms with Crippen LogP contribution in [0.5, 0.6) is 5.75 Å². The number of carbonyl (C=O) groups is 1. The van der Waals surface area contributed by atoms with E-state index in [2.05, 4.69) is 15.1 Å². The number of benzene rings is 1. The smallest absolute Gasteiger partial charge is 0.221 e. The zero-order chi connectivity index (χ0) is 18.8. The molecule has 25 heavy (non-hydrogen) atoms. The van der Waals surface area contributed by atoms with Gasteiger partial charge in [-0.2, -0.15) is 5.10 Å². The van der Waals surface area contributed by atoms with Crippen molar-refractivity contribution >= 4 is 44.8 Å². The van der Waals surface area contributed by atoms with Crippen LogP contribution in [-0.2, 0) is 14.9 Å². The lowest BCUT2D eigenvalue weighted by atomic mass is 10.3. The van der Waals surface area contributed by atoms with E-state index < -0.39 is 27.5 Å². The van der Waals surface area contributed by atoms with Gasteiger partial charge >= 0.3 is 0 Å². The first-order valence-corrected chi connectivity index (χ1v) is 12.3. The third-order valence-corrected chi connectivity index (χ3v) is 8.75. The van der Waals surface area contributed by atoms with Gasteiger partial charge < -0.3 is 19.3 Å². The molecule has 8 nitrogen and oxygen atoms in total. The predicted octanol–water partition coefficient (Wildman–Crippen LogP) is 3.56. The van der Waals surface area contributed by atoms with Gasteiger partial charge in [-0.05, 0) is 26.0 Å². The molecule has 1 atom stereocenters. The van der Waals surface area contributed by atoms with E-state index in [-0.39, 0.29) is 5.91 Å². The van der Waals surface area contributed by atoms with Gasteiger partial charge in [-0.15, -0.1) is 7.67 Å². The van der Waals surface area contributed by atoms with Crippen LogP contribution in [0.1, 0.15) is 18.3 Å². The number of carbonyl (C=O) groups excluding carboxylic acids is 1. The standard InChI is InChI=1S/C15H21IN4O4S/c1-9-15(10(2)20(4)18-9)19-25(23,16-22)14-7-6-12(17-11(3)21)8-13(14)24-5/h6-8,19,23H,1-5H3,(H,17,21)/p-1. The highest BCUT2D eigenvalue weighted by Crippen LogP contribution is 2.65. The van der Waals surface area contributed by atoms with Crippen LogP contribution < -0.4 is 14.8 Å². The van der Waals surface area contributed by atoms with Crippen molar-refractivity contribution in [2.75, 3.05) is 17.1 Å². The van der Waals surface area contributed by atoms with Gasteiger partial charge in [0.15, 0.2) is 0 Å². The first kappa shape index (κ1) is 19.7. The molecular weight excluding hydrogens is 459 g/mol. The lowest BCUT2D eigenvalue weighted by molar-refractivity contribution is -0.114. The van der Waals surface area contributed by atoms with Crippen LogP contribution in [0.3, 0.4) is 0 Å². The van der Waals surface area contributed by atoms with Crippen molar-refractivity contribution in [1.29, 1.82) is 0 Å². The van der Waals surface area contributed by atoms with Crippen LogP contribution in [0.4, 0.5) is 11.4 Å². The van der Waals surface area contributed by atoms with Crippen LogP contribution in [-0.4, -0.2) is 27.4 Å². The number of aryl methyl sites for hydroxylation is 2. The molecule has 2 rings (SSSR count). The largest absolute Gasteiger partial charge is 0.784 e. The summed E-state index contributed by atoms with van der Waals surface area (Å²) in [4.78, 5) is 11.5. The quantitative estimate of drug-likeness (QED) is 0.614. The zero-order valence-electron chi connectivity index (χ0n) is 14.5. The van der Waals surface area contributed by atoms with Gasteiger partial charge in [0.2, 0.25) is 25.7 Å². The number of anilines is 2. The third-order valence-electron chi connectivity index (χ3n) is 3.60. The molecule has 2 aromatic rings. The second-order valence-electron chi connectivity index (χ2n) is 5.37. The lowest BCUT2D eigenvalue weighted by Crippen LogP contribution is -2.09. The summed E-state index contributed by atoms with van der Waals surface area (Å²) in [5, 5.41) is 6.91. The Labute approximate surface area is 156 Å². The monoisotopic (exact) mass is 479 g/mol. The van der Waals surface area contributed by atoms with Crippen LogP contribution >= 0.6 is 27.5 Å². The van der Waals surface area contributed by atoms with E-state index in [0.29, 0.717) is 27.7 Å². The predicted molar refractivity (Wildman–Crippen MR) is 105 cm³/mol. The summed E-state index contributed by atoms with van der Waals surface area (Å²) in [6, 6.07) is 4.71. The fourth-order valence-electron chi connectivity index (χ4n) is 2.32. The molecule has 0 aliphatic rings. The minimum atomic E-state index is -3.06. The minimum absolute atomic E-state index is 0.230. The van der Waals surface area contributed by atoms with Gasteiger partial charge in [-0.3, -0.25) is 12.5 Å². The second-order valence-corrected chi connectivity index (χ2v) is 11.9. The summed E-state index contributed by atoms with van der Waals surface area (Å²) in [6.45, 7) is 5.01. The maximum atomic E-state index is 13.4. The fraction of sp³-hybridized carbons (Fsp3) is 0.333. The van der Waals surface area contributed by atoms with E-state index in [4.69, 9.17) is 4.74 Å². The number of nitrogens with one attached hydrogen (secondary N) is 2. The van der Waals surface area contributed by atoms with Crippen molar-refractivity contribution in [2.45, 2.75) is 25.7 Å². The molecule has 0 aliphatic heterocycles. The maximum absolute atomic E-state index is 13.4. The molecular formula is C15H20IN4O4S-. The normalized spacial score (nSPS) is 14.5. The summed E-state index contributed by atoms with van der Waals surface area (Å²) >= 11 is -1.95. The van der Waals surface area contributed by atoms with E-state index in [1.165, 1.54) is 14.0 Å². The number of amides is 1. The van der Waals surface area contributed by atoms with E-state index in [1.54, 1.807) is 36.9 Å². The highest BCUT2D eigenvalue weighted by atomic mass is 127. The molecule has 2 N–H and O–H groups in total. The average Bonchev–Trinajstić information content (AvgIpc) is 2.80. The number of hydrogen-bond acceptors (Lipinski definition) is 6. The maximum Gasteiger partial charge on any atom is 0.221 e. The van der Waals surface area contributed by atoms with Gasteiger partial charge in [0.25, 0.3) is 0 Å². The topological polar surface area (TPSA) is 108 Å². The lowest BCUT2D eigenvalue weighted by Gasteiger charge is -2.41. The van der Waals surface area contributed by atoms with Gasteiger partial charge in [-0.25, -0.2) is 0 Å². The second kappa shape index (κ2) is 7.70. The van der Waals surface area contributed by atoms with Crippen molar-refractivity contribution in [2.24, 2.45) is 7.05 Å². The number of methoxy groups -OCH3 is 1. The molecule has 1 heterocycles. The summed E-state index contributed by atoms with van der Waals surface area (Å²) in [7, 11) is 0.148. The Morgan fingerprint density at radius 2 is 2.08 bits per heavy atom. The molecule has 0 radical (unpaired) electrons. The van der Waals surface area contributed by atoms with Crippen LogP contribution in [0, 0.1) is 13.8 Å². The van der Waals surface area contributed by atoms with Gasteiger partial charge in [0.1, 0.15) is 5.75 Å². The molecule has 0 aliphatic carbocycles. The summed E-state index contributed by atoms with van der Waals surface area (Å²) in [5.74, 6) is 0.0602. The van der Waals surface area contributed by atoms with Crippen LogP contribution in [0.25, 0.3) is 0 Å². The SMILES string of the molecule is COc1cc(NC(C)=O)ccc1S([O-])(Nc1c(C)nn(C)c1C)I=O. The zero-order valence-corrected chi connectivity index (χ0v) is 17.5. The first-order valence-electron chi connectivity index (χ1n) is 7.28. The average molecular weight is 479 g/mol. The van der Waals surface area contributed by atoms with Crippen LogP contribution in [0.2, 0.25) is 0 Å². The van der Waals surface area contributed by atoms with E-state index in [9.17, 15) is 12.4 Å². The molecule has 0 saturated carbocycles. The number of nitrogens with zero attached hydrogens (tertiary/aromatic N) is 2. The van der Waals surface area contributed by atoms with E-state index in [0.717, 1.165) is 5.69 Å². The molecule has 1 unspecified atom stereocenters. The van der Waals surface area contributed by atoms with E-state index >= 15 is 0 Å². The number of halogens is 1. The summed E-state index contributed by atoms with van der Waals surface area (Å²) < 4.78 is 35.2. The first-order chi connectivity index (χ1) is 11.7. The molecule has 0 fully saturated rings. The Hall–Kier alpha value is -1.66. The van der Waals surface area contributed by atoms with Gasteiger partial charge in [0.05, 0.1) is 24.2 Å². The molecule has 0 bridgehead atoms. The highest BCUT2D eigenvalue weighted by molar-refractivity contribution is 14.2. The highest BCUT2D eigenvalue weighted by Gasteiger charge is 2.23. The van der Waals surface area contributed by atoms with E-state index in [1.807, 2.05) is 6.92 Å². The molecule has 1 aromatic carbocycles. The van der Waals surface area contributed by atoms with Crippen molar-refractivity contribution in [3.05, 3.63) is 29.6 Å². The molecule has 0 saturated heterocycles. The Morgan fingerprint density at radius 1 is 1.40 bits per heavy atom. The van der Waals surface area contributed by atoms with Crippen molar-refractivity contribution < 1.29 is 17.2 Å². The van der Waals surface area contributed by atoms with Gasteiger partial charge in [0, 0.05) is 30.6 Å². The van der Waals surface area contributed by atoms with Crippen molar-refractivity contribution in [3.8, 4) is 5.75 Å². The molecule has 10 heteroatoms. The molecule has 0 spiro atoms. The molecule has 1 amide bonds. The Bertz CT molecular complexity index is 826. The number of rotatable bonds is 6. The fourth-order valence-corrected chi connectivity index (χ4v) is 6.34. The Balaban J connectivity index is 2.47. The Kier molecular flexibility index (Phi) is 6.06.